The molecule has 2 aliphatic rings. The summed E-state index contributed by atoms with van der Waals surface area (Å²) < 4.78 is 0. The first kappa shape index (κ1) is 27.1. The van der Waals surface area contributed by atoms with E-state index in [1.165, 1.54) is 99.9 Å². The number of anilines is 6. The second kappa shape index (κ2) is 9.86. The molecule has 2 nitrogen and oxygen atoms in total. The van der Waals surface area contributed by atoms with Crippen molar-refractivity contribution < 1.29 is 0 Å². The van der Waals surface area contributed by atoms with Crippen molar-refractivity contribution in [2.45, 2.75) is 34.6 Å². The van der Waals surface area contributed by atoms with Crippen LogP contribution in [0.3, 0.4) is 0 Å². The van der Waals surface area contributed by atoms with Gasteiger partial charge in [0.1, 0.15) is 0 Å². The maximum absolute atomic E-state index is 2.58. The van der Waals surface area contributed by atoms with Crippen molar-refractivity contribution in [1.82, 2.24) is 0 Å². The Balaban J connectivity index is 1.49. The minimum Gasteiger partial charge on any atom is -0.307 e. The Labute approximate surface area is 271 Å². The summed E-state index contributed by atoms with van der Waals surface area (Å²) in [5, 5.41) is 5.07. The first-order valence-corrected chi connectivity index (χ1v) is 16.3. The molecular formula is C43H35BN2. The van der Waals surface area contributed by atoms with Crippen molar-refractivity contribution in [3.05, 3.63) is 149 Å². The van der Waals surface area contributed by atoms with E-state index in [9.17, 15) is 0 Å². The molecule has 0 aliphatic carbocycles. The first-order chi connectivity index (χ1) is 22.4. The normalized spacial score (nSPS) is 13.2. The number of fused-ring (bicyclic) bond motifs is 7. The zero-order chi connectivity index (χ0) is 31.3. The highest BCUT2D eigenvalue weighted by atomic mass is 15.3. The Kier molecular flexibility index (Phi) is 5.80. The van der Waals surface area contributed by atoms with Crippen LogP contribution in [0.5, 0.6) is 0 Å². The Hall–Kier alpha value is -5.28. The van der Waals surface area contributed by atoms with Crippen LogP contribution in [-0.2, 0) is 0 Å². The van der Waals surface area contributed by atoms with Gasteiger partial charge in [-0.1, -0.05) is 118 Å². The van der Waals surface area contributed by atoms with Gasteiger partial charge in [-0.15, -0.1) is 0 Å². The maximum Gasteiger partial charge on any atom is 0.248 e. The molecule has 0 fully saturated rings. The lowest BCUT2D eigenvalue weighted by Crippen LogP contribution is -2.59. The Morgan fingerprint density at radius 2 is 1.02 bits per heavy atom. The van der Waals surface area contributed by atoms with E-state index < -0.39 is 0 Å². The lowest BCUT2D eigenvalue weighted by molar-refractivity contribution is 1.18. The fourth-order valence-electron chi connectivity index (χ4n) is 8.30. The molecule has 3 heteroatoms. The van der Waals surface area contributed by atoms with Gasteiger partial charge in [-0.3, -0.25) is 0 Å². The largest absolute Gasteiger partial charge is 0.307 e. The van der Waals surface area contributed by atoms with E-state index in [2.05, 4.69) is 166 Å². The van der Waals surface area contributed by atoms with E-state index in [1.807, 2.05) is 0 Å². The molecule has 0 unspecified atom stereocenters. The fraction of sp³-hybridized carbons (Fsp3) is 0.116. The highest BCUT2D eigenvalue weighted by Crippen LogP contribution is 2.56. The highest BCUT2D eigenvalue weighted by Gasteiger charge is 2.43. The lowest BCUT2D eigenvalue weighted by atomic mass is 9.33. The molecule has 0 spiro atoms. The van der Waals surface area contributed by atoms with Crippen molar-refractivity contribution >= 4 is 78.8 Å². The van der Waals surface area contributed by atoms with Crippen molar-refractivity contribution in [3.63, 3.8) is 0 Å². The van der Waals surface area contributed by atoms with Crippen LogP contribution in [0.2, 0.25) is 0 Å². The molecule has 46 heavy (non-hydrogen) atoms. The molecule has 2 heterocycles. The minimum atomic E-state index is 0.0912. The van der Waals surface area contributed by atoms with Gasteiger partial charge in [0.15, 0.2) is 0 Å². The van der Waals surface area contributed by atoms with Crippen LogP contribution >= 0.6 is 0 Å². The summed E-state index contributed by atoms with van der Waals surface area (Å²) in [6.07, 6.45) is 0. The summed E-state index contributed by atoms with van der Waals surface area (Å²) >= 11 is 0. The van der Waals surface area contributed by atoms with E-state index in [0.717, 1.165) is 0 Å². The van der Waals surface area contributed by atoms with Gasteiger partial charge in [0.25, 0.3) is 0 Å². The van der Waals surface area contributed by atoms with Crippen LogP contribution in [0.1, 0.15) is 27.8 Å². The number of hydrogen-bond acceptors (Lipinski definition) is 2. The van der Waals surface area contributed by atoms with Crippen LogP contribution in [0.4, 0.5) is 34.1 Å². The molecule has 0 radical (unpaired) electrons. The van der Waals surface area contributed by atoms with Gasteiger partial charge in [-0.05, 0) is 103 Å². The summed E-state index contributed by atoms with van der Waals surface area (Å²) in [5.74, 6) is 0. The average Bonchev–Trinajstić information content (AvgIpc) is 3.04. The first-order valence-electron chi connectivity index (χ1n) is 16.3. The van der Waals surface area contributed by atoms with Crippen LogP contribution in [0, 0.1) is 34.6 Å². The van der Waals surface area contributed by atoms with E-state index in [4.69, 9.17) is 0 Å². The molecule has 0 aromatic heterocycles. The quantitative estimate of drug-likeness (QED) is 0.185. The lowest BCUT2D eigenvalue weighted by Gasteiger charge is -2.46. The second-order valence-corrected chi connectivity index (χ2v) is 13.4. The van der Waals surface area contributed by atoms with Crippen molar-refractivity contribution in [2.75, 3.05) is 9.80 Å². The molecule has 7 aromatic rings. The third-order valence-corrected chi connectivity index (χ3v) is 10.2. The van der Waals surface area contributed by atoms with E-state index in [0.29, 0.717) is 0 Å². The van der Waals surface area contributed by atoms with Crippen LogP contribution in [0.15, 0.2) is 121 Å². The molecule has 220 valence electrons. The van der Waals surface area contributed by atoms with Gasteiger partial charge in [0, 0.05) is 11.4 Å². The maximum atomic E-state index is 2.58. The van der Waals surface area contributed by atoms with Crippen molar-refractivity contribution in [1.29, 1.82) is 0 Å². The SMILES string of the molecule is Cc1ccc(N2c3cc4ccccc4cc3N3c4ccc(C)cc4B(c4c(C)cc(C)cc4C)c4c3c2cc2ccccc42)cc1. The molecule has 2 aliphatic heterocycles. The highest BCUT2D eigenvalue weighted by molar-refractivity contribution is 7.00. The van der Waals surface area contributed by atoms with Gasteiger partial charge in [0.2, 0.25) is 6.71 Å². The smallest absolute Gasteiger partial charge is 0.248 e. The van der Waals surface area contributed by atoms with Crippen molar-refractivity contribution in [2.24, 2.45) is 0 Å². The number of hydrogen-bond donors (Lipinski definition) is 0. The number of benzene rings is 7. The summed E-state index contributed by atoms with van der Waals surface area (Å²) in [5.41, 5.74) is 18.1. The van der Waals surface area contributed by atoms with Gasteiger partial charge < -0.3 is 9.80 Å². The molecule has 0 amide bonds. The van der Waals surface area contributed by atoms with Gasteiger partial charge in [0.05, 0.1) is 22.7 Å². The molecule has 0 saturated carbocycles. The van der Waals surface area contributed by atoms with Crippen LogP contribution < -0.4 is 26.2 Å². The summed E-state index contributed by atoms with van der Waals surface area (Å²) in [4.78, 5) is 5.09. The predicted octanol–water partition coefficient (Wildman–Crippen LogP) is 9.62. The number of aryl methyl sites for hydroxylation is 5. The Morgan fingerprint density at radius 1 is 0.435 bits per heavy atom. The molecule has 0 N–H and O–H groups in total. The molecule has 9 rings (SSSR count). The molecule has 0 saturated heterocycles. The number of nitrogens with zero attached hydrogens (tertiary/aromatic N) is 2. The van der Waals surface area contributed by atoms with E-state index in [1.54, 1.807) is 0 Å². The summed E-state index contributed by atoms with van der Waals surface area (Å²) in [6, 6.07) is 45.8. The molecule has 0 bridgehead atoms. The van der Waals surface area contributed by atoms with Gasteiger partial charge >= 0.3 is 0 Å². The topological polar surface area (TPSA) is 6.48 Å². The minimum absolute atomic E-state index is 0.0912. The van der Waals surface area contributed by atoms with E-state index in [-0.39, 0.29) is 6.71 Å². The number of rotatable bonds is 2. The van der Waals surface area contributed by atoms with Gasteiger partial charge in [-0.2, -0.15) is 0 Å². The molecule has 7 aromatic carbocycles. The third-order valence-electron chi connectivity index (χ3n) is 10.2. The standard InChI is InChI=1S/C43H35BN2/c1-26-14-17-34(18-15-26)45-38-23-31-10-6-7-11-32(31)24-39(38)46-37-19-16-27(2)22-36(37)44(41-29(4)20-28(3)21-30(41)5)42-35-13-9-8-12-33(35)25-40(45)43(42)46/h6-25H,1-5H3. The predicted molar refractivity (Wildman–Crippen MR) is 199 cm³/mol. The fourth-order valence-corrected chi connectivity index (χ4v) is 8.30. The second-order valence-electron chi connectivity index (χ2n) is 13.4. The monoisotopic (exact) mass is 590 g/mol. The summed E-state index contributed by atoms with van der Waals surface area (Å²) in [6.45, 7) is 11.3. The zero-order valence-corrected chi connectivity index (χ0v) is 27.0. The van der Waals surface area contributed by atoms with Crippen LogP contribution in [-0.4, -0.2) is 6.71 Å². The summed E-state index contributed by atoms with van der Waals surface area (Å²) in [7, 11) is 0. The third kappa shape index (κ3) is 3.84. The molecule has 0 atom stereocenters. The van der Waals surface area contributed by atoms with E-state index >= 15 is 0 Å². The molecular weight excluding hydrogens is 555 g/mol. The Morgan fingerprint density at radius 3 is 1.72 bits per heavy atom. The van der Waals surface area contributed by atoms with Gasteiger partial charge in [-0.25, -0.2) is 0 Å². The van der Waals surface area contributed by atoms with Crippen molar-refractivity contribution in [3.8, 4) is 0 Å². The van der Waals surface area contributed by atoms with Crippen LogP contribution in [0.25, 0.3) is 21.5 Å². The zero-order valence-electron chi connectivity index (χ0n) is 27.0. The Bertz CT molecular complexity index is 2360. The average molecular weight is 591 g/mol.